The SMILES string of the molecule is CN(C)S(=O)(=O)c1ccccc1Nc1nc(Nc2ccc3c(c2)CCNC3)ccc1Cl. The van der Waals surface area contributed by atoms with Crippen molar-refractivity contribution in [2.45, 2.75) is 17.9 Å². The number of pyridine rings is 1. The molecule has 1 aliphatic heterocycles. The van der Waals surface area contributed by atoms with Crippen molar-refractivity contribution in [1.82, 2.24) is 14.6 Å². The lowest BCUT2D eigenvalue weighted by atomic mass is 10.0. The van der Waals surface area contributed by atoms with E-state index in [0.29, 0.717) is 22.3 Å². The van der Waals surface area contributed by atoms with Crippen molar-refractivity contribution in [3.8, 4) is 0 Å². The summed E-state index contributed by atoms with van der Waals surface area (Å²) in [5, 5.41) is 10.2. The molecule has 0 unspecified atom stereocenters. The van der Waals surface area contributed by atoms with E-state index in [1.807, 2.05) is 6.07 Å². The number of hydrogen-bond donors (Lipinski definition) is 3. The zero-order chi connectivity index (χ0) is 22.0. The summed E-state index contributed by atoms with van der Waals surface area (Å²) in [7, 11) is -0.636. The lowest BCUT2D eigenvalue weighted by Crippen LogP contribution is -2.23. The smallest absolute Gasteiger partial charge is 0.244 e. The highest BCUT2D eigenvalue weighted by Crippen LogP contribution is 2.31. The Hall–Kier alpha value is -2.65. The number of rotatable bonds is 6. The van der Waals surface area contributed by atoms with E-state index in [1.165, 1.54) is 29.5 Å². The summed E-state index contributed by atoms with van der Waals surface area (Å²) in [6.45, 7) is 1.86. The predicted octanol–water partition coefficient (Wildman–Crippen LogP) is 4.12. The van der Waals surface area contributed by atoms with E-state index in [-0.39, 0.29) is 4.90 Å². The first-order valence-corrected chi connectivity index (χ1v) is 11.7. The number of nitrogens with one attached hydrogen (secondary N) is 3. The Bertz CT molecular complexity index is 1210. The standard InChI is InChI=1S/C22H24ClN5O2S/c1-28(2)31(29,30)20-6-4-3-5-19(20)26-22-18(23)9-10-21(27-22)25-17-8-7-16-14-24-12-11-15(16)13-17/h3-10,13,24H,11-12,14H2,1-2H3,(H2,25,26,27). The van der Waals surface area contributed by atoms with Gasteiger partial charge < -0.3 is 16.0 Å². The molecule has 3 aromatic rings. The van der Waals surface area contributed by atoms with Gasteiger partial charge in [-0.15, -0.1) is 0 Å². The van der Waals surface area contributed by atoms with Crippen LogP contribution < -0.4 is 16.0 Å². The second-order valence-electron chi connectivity index (χ2n) is 7.47. The molecule has 0 bridgehead atoms. The van der Waals surface area contributed by atoms with E-state index < -0.39 is 10.0 Å². The molecule has 0 atom stereocenters. The topological polar surface area (TPSA) is 86.4 Å². The minimum atomic E-state index is -3.63. The van der Waals surface area contributed by atoms with Crippen LogP contribution in [0, 0.1) is 0 Å². The first kappa shape index (κ1) is 21.6. The molecule has 0 spiro atoms. The van der Waals surface area contributed by atoms with Crippen LogP contribution in [-0.4, -0.2) is 38.3 Å². The number of halogens is 1. The van der Waals surface area contributed by atoms with Crippen molar-refractivity contribution in [2.75, 3.05) is 31.3 Å². The van der Waals surface area contributed by atoms with Crippen LogP contribution in [0.3, 0.4) is 0 Å². The van der Waals surface area contributed by atoms with E-state index >= 15 is 0 Å². The average Bonchev–Trinajstić information content (AvgIpc) is 2.76. The summed E-state index contributed by atoms with van der Waals surface area (Å²) in [6.07, 6.45) is 0.989. The van der Waals surface area contributed by atoms with Gasteiger partial charge >= 0.3 is 0 Å². The van der Waals surface area contributed by atoms with Gasteiger partial charge in [0, 0.05) is 26.3 Å². The van der Waals surface area contributed by atoms with Gasteiger partial charge in [0.15, 0.2) is 5.82 Å². The van der Waals surface area contributed by atoms with Gasteiger partial charge in [0.05, 0.1) is 10.7 Å². The van der Waals surface area contributed by atoms with Crippen LogP contribution in [0.2, 0.25) is 5.02 Å². The molecule has 0 aliphatic carbocycles. The van der Waals surface area contributed by atoms with Crippen LogP contribution in [-0.2, 0) is 23.0 Å². The van der Waals surface area contributed by atoms with Crippen LogP contribution >= 0.6 is 11.6 Å². The molecule has 0 saturated heterocycles. The van der Waals surface area contributed by atoms with Crippen LogP contribution in [0.4, 0.5) is 23.0 Å². The van der Waals surface area contributed by atoms with E-state index in [9.17, 15) is 8.42 Å². The van der Waals surface area contributed by atoms with Gasteiger partial charge in [0.2, 0.25) is 10.0 Å². The molecule has 1 aromatic heterocycles. The summed E-state index contributed by atoms with van der Waals surface area (Å²) in [5.41, 5.74) is 3.97. The molecule has 0 fully saturated rings. The fourth-order valence-corrected chi connectivity index (χ4v) is 4.61. The maximum Gasteiger partial charge on any atom is 0.244 e. The van der Waals surface area contributed by atoms with Gasteiger partial charge in [-0.3, -0.25) is 0 Å². The molecule has 0 saturated carbocycles. The Morgan fingerprint density at radius 2 is 1.84 bits per heavy atom. The minimum Gasteiger partial charge on any atom is -0.340 e. The number of anilines is 4. The Kier molecular flexibility index (Phi) is 6.15. The Morgan fingerprint density at radius 3 is 2.65 bits per heavy atom. The zero-order valence-electron chi connectivity index (χ0n) is 17.3. The molecule has 0 radical (unpaired) electrons. The van der Waals surface area contributed by atoms with Gasteiger partial charge in [0.1, 0.15) is 10.7 Å². The van der Waals surface area contributed by atoms with Gasteiger partial charge in [-0.05, 0) is 60.5 Å². The fraction of sp³-hybridized carbons (Fsp3) is 0.227. The highest BCUT2D eigenvalue weighted by Gasteiger charge is 2.21. The van der Waals surface area contributed by atoms with E-state index in [2.05, 4.69) is 33.1 Å². The summed E-state index contributed by atoms with van der Waals surface area (Å²) < 4.78 is 26.5. The van der Waals surface area contributed by atoms with Crippen LogP contribution in [0.5, 0.6) is 0 Å². The lowest BCUT2D eigenvalue weighted by molar-refractivity contribution is 0.521. The molecule has 1 aliphatic rings. The van der Waals surface area contributed by atoms with Gasteiger partial charge in [-0.25, -0.2) is 17.7 Å². The molecule has 162 valence electrons. The first-order chi connectivity index (χ1) is 14.8. The van der Waals surface area contributed by atoms with E-state index in [1.54, 1.807) is 36.4 Å². The third-order valence-corrected chi connectivity index (χ3v) is 7.29. The van der Waals surface area contributed by atoms with Crippen molar-refractivity contribution < 1.29 is 8.42 Å². The molecule has 3 N–H and O–H groups in total. The molecule has 2 heterocycles. The predicted molar refractivity (Wildman–Crippen MR) is 125 cm³/mol. The van der Waals surface area contributed by atoms with E-state index in [4.69, 9.17) is 11.6 Å². The quantitative estimate of drug-likeness (QED) is 0.516. The summed E-state index contributed by atoms with van der Waals surface area (Å²) in [5.74, 6) is 0.976. The number of fused-ring (bicyclic) bond motifs is 1. The monoisotopic (exact) mass is 457 g/mol. The fourth-order valence-electron chi connectivity index (χ4n) is 3.42. The van der Waals surface area contributed by atoms with Crippen molar-refractivity contribution in [1.29, 1.82) is 0 Å². The number of benzene rings is 2. The minimum absolute atomic E-state index is 0.152. The number of para-hydroxylation sites is 1. The number of sulfonamides is 1. The van der Waals surface area contributed by atoms with Crippen molar-refractivity contribution >= 4 is 44.6 Å². The molecule has 0 amide bonds. The number of aromatic nitrogens is 1. The van der Waals surface area contributed by atoms with Gasteiger partial charge in [-0.1, -0.05) is 29.8 Å². The highest BCUT2D eigenvalue weighted by molar-refractivity contribution is 7.89. The molecule has 4 rings (SSSR count). The molecule has 7 nitrogen and oxygen atoms in total. The summed E-state index contributed by atoms with van der Waals surface area (Å²) >= 11 is 6.35. The van der Waals surface area contributed by atoms with Crippen LogP contribution in [0.1, 0.15) is 11.1 Å². The second-order valence-corrected chi connectivity index (χ2v) is 10.00. The van der Waals surface area contributed by atoms with Crippen LogP contribution in [0.25, 0.3) is 0 Å². The zero-order valence-corrected chi connectivity index (χ0v) is 18.9. The largest absolute Gasteiger partial charge is 0.340 e. The lowest BCUT2D eigenvalue weighted by Gasteiger charge is -2.19. The van der Waals surface area contributed by atoms with Crippen molar-refractivity contribution in [2.24, 2.45) is 0 Å². The first-order valence-electron chi connectivity index (χ1n) is 9.89. The molecule has 9 heteroatoms. The average molecular weight is 458 g/mol. The Balaban J connectivity index is 1.61. The normalized spacial score (nSPS) is 13.7. The van der Waals surface area contributed by atoms with Crippen molar-refractivity contribution in [3.63, 3.8) is 0 Å². The molecule has 2 aromatic carbocycles. The molecular formula is C22H24ClN5O2S. The molecular weight excluding hydrogens is 434 g/mol. The number of nitrogens with zero attached hydrogens (tertiary/aromatic N) is 2. The van der Waals surface area contributed by atoms with Gasteiger partial charge in [0.25, 0.3) is 0 Å². The second kappa shape index (κ2) is 8.84. The Labute approximate surface area is 187 Å². The van der Waals surface area contributed by atoms with Gasteiger partial charge in [-0.2, -0.15) is 0 Å². The summed E-state index contributed by atoms with van der Waals surface area (Å²) in [4.78, 5) is 4.72. The highest BCUT2D eigenvalue weighted by atomic mass is 35.5. The maximum absolute atomic E-state index is 12.7. The van der Waals surface area contributed by atoms with Crippen LogP contribution in [0.15, 0.2) is 59.5 Å². The van der Waals surface area contributed by atoms with E-state index in [0.717, 1.165) is 25.2 Å². The maximum atomic E-state index is 12.7. The third kappa shape index (κ3) is 4.67. The van der Waals surface area contributed by atoms with Crippen molar-refractivity contribution in [3.05, 3.63) is 70.7 Å². The summed E-state index contributed by atoms with van der Waals surface area (Å²) in [6, 6.07) is 16.5. The number of hydrogen-bond acceptors (Lipinski definition) is 6. The third-order valence-electron chi connectivity index (χ3n) is 5.11. The molecule has 31 heavy (non-hydrogen) atoms. The Morgan fingerprint density at radius 1 is 1.03 bits per heavy atom.